The molecule has 0 aliphatic rings. The molecule has 0 atom stereocenters. The Balaban J connectivity index is 1.98. The van der Waals surface area contributed by atoms with Crippen molar-refractivity contribution in [2.45, 2.75) is 37.8 Å². The third-order valence-corrected chi connectivity index (χ3v) is 5.27. The number of carbonyl (C=O) groups is 2. The van der Waals surface area contributed by atoms with Crippen molar-refractivity contribution in [2.75, 3.05) is 7.11 Å². The molecule has 1 N–H and O–H groups in total. The number of hydrogen-bond donors (Lipinski definition) is 1. The Morgan fingerprint density at radius 3 is 2.52 bits per heavy atom. The van der Waals surface area contributed by atoms with Gasteiger partial charge in [-0.25, -0.2) is 4.72 Å². The van der Waals surface area contributed by atoms with Crippen LogP contribution in [0.15, 0.2) is 35.5 Å². The molecule has 0 bridgehead atoms. The summed E-state index contributed by atoms with van der Waals surface area (Å²) in [7, 11) is -2.61. The molecule has 1 aromatic carbocycles. The molecule has 0 unspecified atom stereocenters. The molecular weight excluding hydrogens is 394 g/mol. The van der Waals surface area contributed by atoms with Crippen LogP contribution in [0, 0.1) is 0 Å². The van der Waals surface area contributed by atoms with E-state index in [4.69, 9.17) is 16.3 Å². The van der Waals surface area contributed by atoms with E-state index in [1.54, 1.807) is 6.07 Å². The monoisotopic (exact) mass is 413 g/mol. The number of aromatic nitrogens is 2. The molecule has 27 heavy (non-hydrogen) atoms. The van der Waals surface area contributed by atoms with Crippen LogP contribution in [0.5, 0.6) is 5.75 Å². The number of halogens is 1. The summed E-state index contributed by atoms with van der Waals surface area (Å²) in [6.07, 6.45) is 1.03. The van der Waals surface area contributed by atoms with E-state index in [9.17, 15) is 18.0 Å². The Morgan fingerprint density at radius 2 is 1.96 bits per heavy atom. The van der Waals surface area contributed by atoms with E-state index in [1.165, 1.54) is 36.2 Å². The van der Waals surface area contributed by atoms with Gasteiger partial charge in [-0.1, -0.05) is 11.6 Å². The molecule has 0 spiro atoms. The van der Waals surface area contributed by atoms with Crippen molar-refractivity contribution in [3.05, 3.63) is 41.0 Å². The van der Waals surface area contributed by atoms with E-state index in [-0.39, 0.29) is 40.3 Å². The Bertz CT molecular complexity index is 953. The van der Waals surface area contributed by atoms with Gasteiger partial charge in [-0.3, -0.25) is 14.3 Å². The van der Waals surface area contributed by atoms with Crippen LogP contribution in [-0.2, 0) is 14.8 Å². The number of ketones is 1. The lowest BCUT2D eigenvalue weighted by molar-refractivity contribution is -0.119. The minimum Gasteiger partial charge on any atom is -0.497 e. The molecule has 2 rings (SSSR count). The van der Waals surface area contributed by atoms with Crippen LogP contribution in [0.1, 0.15) is 43.1 Å². The first-order chi connectivity index (χ1) is 12.6. The van der Waals surface area contributed by atoms with Crippen LogP contribution in [0.2, 0.25) is 5.02 Å². The largest absolute Gasteiger partial charge is 0.497 e. The summed E-state index contributed by atoms with van der Waals surface area (Å²) in [5.41, 5.74) is 0.240. The van der Waals surface area contributed by atoms with Crippen LogP contribution >= 0.6 is 11.6 Å². The van der Waals surface area contributed by atoms with Crippen molar-refractivity contribution in [1.82, 2.24) is 14.5 Å². The van der Waals surface area contributed by atoms with Gasteiger partial charge in [-0.05, 0) is 38.1 Å². The molecule has 8 nitrogen and oxygen atoms in total. The number of benzene rings is 1. The van der Waals surface area contributed by atoms with Crippen LogP contribution in [0.4, 0.5) is 0 Å². The number of carbonyl (C=O) groups excluding carboxylic acids is 2. The Kier molecular flexibility index (Phi) is 6.61. The minimum absolute atomic E-state index is 0.0171. The van der Waals surface area contributed by atoms with Gasteiger partial charge in [0, 0.05) is 30.6 Å². The molecule has 146 valence electrons. The predicted octanol–water partition coefficient (Wildman–Crippen LogP) is 2.59. The van der Waals surface area contributed by atoms with Crippen molar-refractivity contribution in [3.8, 4) is 5.75 Å². The summed E-state index contributed by atoms with van der Waals surface area (Å²) in [6, 6.07) is 5.85. The smallest absolute Gasteiger partial charge is 0.283 e. The predicted molar refractivity (Wildman–Crippen MR) is 99.5 cm³/mol. The Hall–Kier alpha value is -2.39. The molecule has 0 radical (unpaired) electrons. The van der Waals surface area contributed by atoms with Gasteiger partial charge in [-0.2, -0.15) is 13.5 Å². The van der Waals surface area contributed by atoms with Crippen molar-refractivity contribution >= 4 is 33.3 Å². The average molecular weight is 414 g/mol. The fourth-order valence-corrected chi connectivity index (χ4v) is 3.44. The number of methoxy groups -OCH3 is 1. The number of nitrogens with zero attached hydrogens (tertiary/aromatic N) is 2. The summed E-state index contributed by atoms with van der Waals surface area (Å²) in [6.45, 7) is 3.69. The van der Waals surface area contributed by atoms with Crippen LogP contribution in [0.3, 0.4) is 0 Å². The average Bonchev–Trinajstić information content (AvgIpc) is 3.10. The van der Waals surface area contributed by atoms with Crippen LogP contribution in [-0.4, -0.2) is 37.0 Å². The second kappa shape index (κ2) is 8.53. The molecule has 1 aromatic heterocycles. The summed E-state index contributed by atoms with van der Waals surface area (Å²) in [4.78, 5) is 24.2. The number of sulfonamides is 1. The van der Waals surface area contributed by atoms with Gasteiger partial charge in [0.05, 0.1) is 12.1 Å². The van der Waals surface area contributed by atoms with Crippen molar-refractivity contribution < 1.29 is 22.7 Å². The third-order valence-electron chi connectivity index (χ3n) is 3.69. The van der Waals surface area contributed by atoms with E-state index in [1.807, 2.05) is 18.6 Å². The van der Waals surface area contributed by atoms with Gasteiger partial charge in [0.2, 0.25) is 5.91 Å². The third kappa shape index (κ3) is 5.30. The van der Waals surface area contributed by atoms with Gasteiger partial charge >= 0.3 is 0 Å². The SMILES string of the molecule is COc1ccc(C(=O)CCC(=O)NS(=O)(=O)c2ccn(C(C)C)n2)c(Cl)c1. The number of Topliss-reactive ketones (excluding diaryl/α,β-unsaturated/α-hetero) is 1. The molecule has 0 saturated carbocycles. The quantitative estimate of drug-likeness (QED) is 0.666. The number of nitrogens with one attached hydrogen (secondary N) is 1. The van der Waals surface area contributed by atoms with E-state index < -0.39 is 15.9 Å². The fraction of sp³-hybridized carbons (Fsp3) is 0.353. The van der Waals surface area contributed by atoms with Gasteiger partial charge in [-0.15, -0.1) is 0 Å². The molecular formula is C17H20ClN3O5S. The Labute approximate surface area is 162 Å². The zero-order chi connectivity index (χ0) is 20.2. The first-order valence-electron chi connectivity index (χ1n) is 8.11. The van der Waals surface area contributed by atoms with Crippen LogP contribution in [0.25, 0.3) is 0 Å². The molecule has 1 amide bonds. The fourth-order valence-electron chi connectivity index (χ4n) is 2.22. The molecule has 0 aliphatic heterocycles. The molecule has 10 heteroatoms. The summed E-state index contributed by atoms with van der Waals surface area (Å²) >= 11 is 6.02. The number of rotatable bonds is 8. The lowest BCUT2D eigenvalue weighted by atomic mass is 10.1. The Morgan fingerprint density at radius 1 is 1.26 bits per heavy atom. The molecule has 1 heterocycles. The second-order valence-corrected chi connectivity index (χ2v) is 8.06. The zero-order valence-electron chi connectivity index (χ0n) is 15.1. The van der Waals surface area contributed by atoms with E-state index in [2.05, 4.69) is 5.10 Å². The highest BCUT2D eigenvalue weighted by molar-refractivity contribution is 7.90. The maximum absolute atomic E-state index is 12.2. The maximum Gasteiger partial charge on any atom is 0.283 e. The normalized spacial score (nSPS) is 11.4. The van der Waals surface area contributed by atoms with E-state index in [0.717, 1.165) is 0 Å². The second-order valence-electron chi connectivity index (χ2n) is 6.03. The highest BCUT2D eigenvalue weighted by atomic mass is 35.5. The van der Waals surface area contributed by atoms with Gasteiger partial charge in [0.25, 0.3) is 10.0 Å². The molecule has 0 saturated heterocycles. The minimum atomic E-state index is -4.09. The van der Waals surface area contributed by atoms with Gasteiger partial charge < -0.3 is 4.74 Å². The van der Waals surface area contributed by atoms with Crippen molar-refractivity contribution in [2.24, 2.45) is 0 Å². The highest BCUT2D eigenvalue weighted by Gasteiger charge is 2.22. The van der Waals surface area contributed by atoms with E-state index >= 15 is 0 Å². The highest BCUT2D eigenvalue weighted by Crippen LogP contribution is 2.23. The zero-order valence-corrected chi connectivity index (χ0v) is 16.7. The summed E-state index contributed by atoms with van der Waals surface area (Å²) < 4.78 is 32.8. The summed E-state index contributed by atoms with van der Waals surface area (Å²) in [5, 5.41) is 3.87. The first kappa shape index (κ1) is 20.9. The van der Waals surface area contributed by atoms with E-state index in [0.29, 0.717) is 5.75 Å². The maximum atomic E-state index is 12.2. The van der Waals surface area contributed by atoms with Crippen molar-refractivity contribution in [3.63, 3.8) is 0 Å². The number of hydrogen-bond acceptors (Lipinski definition) is 6. The lowest BCUT2D eigenvalue weighted by Crippen LogP contribution is -2.31. The van der Waals surface area contributed by atoms with Crippen molar-refractivity contribution in [1.29, 1.82) is 0 Å². The number of amides is 1. The molecule has 0 aliphatic carbocycles. The van der Waals surface area contributed by atoms with Gasteiger partial charge in [0.15, 0.2) is 10.8 Å². The molecule has 0 fully saturated rings. The standard InChI is InChI=1S/C17H20ClN3O5S/c1-11(2)21-9-8-17(19-21)27(24,25)20-16(23)7-6-15(22)13-5-4-12(26-3)10-14(13)18/h4-5,8-11H,6-7H2,1-3H3,(H,20,23). The first-order valence-corrected chi connectivity index (χ1v) is 9.97. The summed E-state index contributed by atoms with van der Waals surface area (Å²) in [5.74, 6) is -0.674. The number of ether oxygens (including phenoxy) is 1. The topological polar surface area (TPSA) is 107 Å². The van der Waals surface area contributed by atoms with Crippen LogP contribution < -0.4 is 9.46 Å². The molecule has 2 aromatic rings. The lowest BCUT2D eigenvalue weighted by Gasteiger charge is -2.07. The van der Waals surface area contributed by atoms with Gasteiger partial charge in [0.1, 0.15) is 5.75 Å².